The van der Waals surface area contributed by atoms with E-state index in [2.05, 4.69) is 23.5 Å². The summed E-state index contributed by atoms with van der Waals surface area (Å²) in [6.07, 6.45) is 1.10. The Balaban J connectivity index is 3.90. The van der Waals surface area contributed by atoms with E-state index in [1.54, 1.807) is 0 Å². The molecule has 0 radical (unpaired) electrons. The number of hydrogen-bond acceptors (Lipinski definition) is 3. The van der Waals surface area contributed by atoms with E-state index in [-0.39, 0.29) is 11.9 Å². The number of carbonyl (C=O) groups excluding carboxylic acids is 1. The van der Waals surface area contributed by atoms with Crippen LogP contribution in [0.1, 0.15) is 27.2 Å². The Kier molecular flexibility index (Phi) is 5.71. The monoisotopic (exact) mass is 187 g/mol. The first-order valence-corrected chi connectivity index (χ1v) is 4.81. The zero-order valence-corrected chi connectivity index (χ0v) is 9.33. The third kappa shape index (κ3) is 4.27. The fourth-order valence-corrected chi connectivity index (χ4v) is 1.20. The molecular formula is C10H21NO2. The van der Waals surface area contributed by atoms with Crippen LogP contribution in [0.25, 0.3) is 0 Å². The summed E-state index contributed by atoms with van der Waals surface area (Å²) < 4.78 is 4.66. The molecule has 0 N–H and O–H groups in total. The van der Waals surface area contributed by atoms with Crippen molar-refractivity contribution in [2.45, 2.75) is 33.2 Å². The smallest absolute Gasteiger partial charge is 0.309 e. The van der Waals surface area contributed by atoms with Crippen LogP contribution in [0, 0.1) is 5.92 Å². The summed E-state index contributed by atoms with van der Waals surface area (Å²) in [5.74, 6) is -0.167. The predicted molar refractivity (Wildman–Crippen MR) is 53.6 cm³/mol. The highest BCUT2D eigenvalue weighted by atomic mass is 16.5. The third-order valence-electron chi connectivity index (χ3n) is 2.51. The van der Waals surface area contributed by atoms with E-state index in [1.165, 1.54) is 7.11 Å². The number of rotatable bonds is 5. The van der Waals surface area contributed by atoms with Gasteiger partial charge >= 0.3 is 5.97 Å². The van der Waals surface area contributed by atoms with E-state index in [1.807, 2.05) is 14.0 Å². The van der Waals surface area contributed by atoms with Gasteiger partial charge in [0.25, 0.3) is 0 Å². The molecule has 13 heavy (non-hydrogen) atoms. The van der Waals surface area contributed by atoms with Gasteiger partial charge in [-0.3, -0.25) is 4.79 Å². The van der Waals surface area contributed by atoms with Crippen LogP contribution >= 0.6 is 0 Å². The van der Waals surface area contributed by atoms with Gasteiger partial charge in [-0.25, -0.2) is 0 Å². The van der Waals surface area contributed by atoms with Gasteiger partial charge in [0.2, 0.25) is 0 Å². The molecule has 0 fully saturated rings. The Bertz CT molecular complexity index is 159. The minimum absolute atomic E-state index is 0.0380. The van der Waals surface area contributed by atoms with Gasteiger partial charge in [0, 0.05) is 12.6 Å². The molecule has 0 aromatic carbocycles. The summed E-state index contributed by atoms with van der Waals surface area (Å²) in [7, 11) is 3.47. The van der Waals surface area contributed by atoms with Crippen LogP contribution in [0.15, 0.2) is 0 Å². The van der Waals surface area contributed by atoms with Gasteiger partial charge in [-0.1, -0.05) is 13.8 Å². The Labute approximate surface area is 81.1 Å². The van der Waals surface area contributed by atoms with E-state index in [0.717, 1.165) is 13.0 Å². The Hall–Kier alpha value is -0.570. The molecule has 0 aromatic rings. The van der Waals surface area contributed by atoms with Crippen molar-refractivity contribution in [1.82, 2.24) is 4.90 Å². The zero-order valence-electron chi connectivity index (χ0n) is 9.33. The average Bonchev–Trinajstić information content (AvgIpc) is 2.14. The van der Waals surface area contributed by atoms with Crippen molar-refractivity contribution >= 4 is 5.97 Å². The standard InChI is InChI=1S/C10H21NO2/c1-6-9(3)11(4)7-8(2)10(12)13-5/h8-9H,6-7H2,1-5H3. The van der Waals surface area contributed by atoms with E-state index in [9.17, 15) is 4.79 Å². The third-order valence-corrected chi connectivity index (χ3v) is 2.51. The lowest BCUT2D eigenvalue weighted by atomic mass is 10.1. The Morgan fingerprint density at radius 3 is 2.38 bits per heavy atom. The summed E-state index contributed by atoms with van der Waals surface area (Å²) in [5, 5.41) is 0. The van der Waals surface area contributed by atoms with Gasteiger partial charge < -0.3 is 9.64 Å². The van der Waals surface area contributed by atoms with Crippen molar-refractivity contribution < 1.29 is 9.53 Å². The molecule has 0 saturated heterocycles. The molecule has 2 atom stereocenters. The van der Waals surface area contributed by atoms with E-state index >= 15 is 0 Å². The van der Waals surface area contributed by atoms with Crippen molar-refractivity contribution in [2.75, 3.05) is 20.7 Å². The molecule has 0 spiro atoms. The van der Waals surface area contributed by atoms with Gasteiger partial charge in [-0.2, -0.15) is 0 Å². The lowest BCUT2D eigenvalue weighted by Gasteiger charge is -2.25. The summed E-state index contributed by atoms with van der Waals surface area (Å²) in [6.45, 7) is 6.96. The Morgan fingerprint density at radius 1 is 1.46 bits per heavy atom. The van der Waals surface area contributed by atoms with Crippen LogP contribution in [0.3, 0.4) is 0 Å². The SMILES string of the molecule is CCC(C)N(C)CC(C)C(=O)OC. The van der Waals surface area contributed by atoms with E-state index in [0.29, 0.717) is 6.04 Å². The largest absolute Gasteiger partial charge is 0.469 e. The molecule has 0 aliphatic rings. The predicted octanol–water partition coefficient (Wildman–Crippen LogP) is 1.53. The summed E-state index contributed by atoms with van der Waals surface area (Å²) in [4.78, 5) is 13.3. The number of methoxy groups -OCH3 is 1. The second kappa shape index (κ2) is 5.97. The van der Waals surface area contributed by atoms with Gasteiger partial charge in [0.1, 0.15) is 0 Å². The molecule has 3 heteroatoms. The lowest BCUT2D eigenvalue weighted by molar-refractivity contribution is -0.145. The second-order valence-electron chi connectivity index (χ2n) is 3.62. The van der Waals surface area contributed by atoms with Crippen LogP contribution in [0.2, 0.25) is 0 Å². The number of ether oxygens (including phenoxy) is 1. The van der Waals surface area contributed by atoms with Gasteiger partial charge in [0.15, 0.2) is 0 Å². The quantitative estimate of drug-likeness (QED) is 0.611. The van der Waals surface area contributed by atoms with Crippen LogP contribution in [0.4, 0.5) is 0 Å². The molecule has 0 amide bonds. The molecule has 2 unspecified atom stereocenters. The first-order valence-electron chi connectivity index (χ1n) is 4.81. The summed E-state index contributed by atoms with van der Waals surface area (Å²) in [5.41, 5.74) is 0. The molecule has 3 nitrogen and oxygen atoms in total. The minimum Gasteiger partial charge on any atom is -0.469 e. The second-order valence-corrected chi connectivity index (χ2v) is 3.62. The fourth-order valence-electron chi connectivity index (χ4n) is 1.20. The van der Waals surface area contributed by atoms with Crippen LogP contribution in [0.5, 0.6) is 0 Å². The molecule has 0 rings (SSSR count). The van der Waals surface area contributed by atoms with Crippen molar-refractivity contribution in [1.29, 1.82) is 0 Å². The highest BCUT2D eigenvalue weighted by Crippen LogP contribution is 2.06. The molecule has 78 valence electrons. The summed E-state index contributed by atoms with van der Waals surface area (Å²) >= 11 is 0. The van der Waals surface area contributed by atoms with Crippen molar-refractivity contribution in [3.05, 3.63) is 0 Å². The van der Waals surface area contributed by atoms with E-state index in [4.69, 9.17) is 0 Å². The molecule has 0 aromatic heterocycles. The minimum atomic E-state index is -0.129. The first kappa shape index (κ1) is 12.4. The van der Waals surface area contributed by atoms with E-state index < -0.39 is 0 Å². The van der Waals surface area contributed by atoms with Gasteiger partial charge in [-0.15, -0.1) is 0 Å². The first-order chi connectivity index (χ1) is 6.02. The van der Waals surface area contributed by atoms with Gasteiger partial charge in [-0.05, 0) is 20.4 Å². The summed E-state index contributed by atoms with van der Waals surface area (Å²) in [6, 6.07) is 0.520. The maximum Gasteiger partial charge on any atom is 0.309 e. The molecule has 0 bridgehead atoms. The van der Waals surface area contributed by atoms with Crippen LogP contribution in [-0.2, 0) is 9.53 Å². The molecule has 0 aliphatic heterocycles. The fraction of sp³-hybridized carbons (Fsp3) is 0.900. The molecule has 0 saturated carbocycles. The van der Waals surface area contributed by atoms with Gasteiger partial charge in [0.05, 0.1) is 13.0 Å². The van der Waals surface area contributed by atoms with Crippen LogP contribution < -0.4 is 0 Å². The number of carbonyl (C=O) groups is 1. The number of esters is 1. The maximum atomic E-state index is 11.1. The van der Waals surface area contributed by atoms with Crippen molar-refractivity contribution in [3.63, 3.8) is 0 Å². The highest BCUT2D eigenvalue weighted by Gasteiger charge is 2.17. The highest BCUT2D eigenvalue weighted by molar-refractivity contribution is 5.72. The average molecular weight is 187 g/mol. The molecular weight excluding hydrogens is 166 g/mol. The van der Waals surface area contributed by atoms with Crippen molar-refractivity contribution in [3.8, 4) is 0 Å². The molecule has 0 heterocycles. The zero-order chi connectivity index (χ0) is 10.4. The van der Waals surface area contributed by atoms with Crippen LogP contribution in [-0.4, -0.2) is 37.6 Å². The normalized spacial score (nSPS) is 15.5. The van der Waals surface area contributed by atoms with Crippen molar-refractivity contribution in [2.24, 2.45) is 5.92 Å². The topological polar surface area (TPSA) is 29.5 Å². The molecule has 0 aliphatic carbocycles. The lowest BCUT2D eigenvalue weighted by Crippen LogP contribution is -2.35. The number of nitrogens with zero attached hydrogens (tertiary/aromatic N) is 1. The number of hydrogen-bond donors (Lipinski definition) is 0. The maximum absolute atomic E-state index is 11.1. The Morgan fingerprint density at radius 2 is 2.00 bits per heavy atom.